The summed E-state index contributed by atoms with van der Waals surface area (Å²) in [6.45, 7) is 1.48. The van der Waals surface area contributed by atoms with Crippen LogP contribution in [0, 0.1) is 17.0 Å². The normalized spacial score (nSPS) is 15.5. The number of anilines is 1. The van der Waals surface area contributed by atoms with Gasteiger partial charge in [-0.05, 0) is 48.6 Å². The van der Waals surface area contributed by atoms with Gasteiger partial charge in [0.2, 0.25) is 0 Å². The maximum atomic E-state index is 12.7. The molecule has 0 unspecified atom stereocenters. The van der Waals surface area contributed by atoms with Gasteiger partial charge in [-0.25, -0.2) is 8.42 Å². The van der Waals surface area contributed by atoms with Crippen LogP contribution in [-0.2, 0) is 10.0 Å². The van der Waals surface area contributed by atoms with Crippen molar-refractivity contribution in [3.8, 4) is 0 Å². The van der Waals surface area contributed by atoms with Gasteiger partial charge < -0.3 is 0 Å². The Morgan fingerprint density at radius 2 is 1.93 bits per heavy atom. The highest BCUT2D eigenvalue weighted by atomic mass is 35.5. The van der Waals surface area contributed by atoms with Gasteiger partial charge in [0.15, 0.2) is 0 Å². The van der Waals surface area contributed by atoms with Crippen molar-refractivity contribution in [2.75, 3.05) is 16.2 Å². The van der Waals surface area contributed by atoms with Crippen molar-refractivity contribution in [1.82, 2.24) is 0 Å². The first-order chi connectivity index (χ1) is 12.8. The van der Waals surface area contributed by atoms with Crippen molar-refractivity contribution < 1.29 is 13.3 Å². The van der Waals surface area contributed by atoms with E-state index < -0.39 is 14.9 Å². The molecule has 1 N–H and O–H groups in total. The number of benzene rings is 2. The molecule has 6 nitrogen and oxygen atoms in total. The fraction of sp³-hybridized carbons (Fsp3) is 0.294. The van der Waals surface area contributed by atoms with E-state index >= 15 is 0 Å². The van der Waals surface area contributed by atoms with Gasteiger partial charge in [-0.1, -0.05) is 23.7 Å². The van der Waals surface area contributed by atoms with Gasteiger partial charge in [0.1, 0.15) is 0 Å². The number of thioether (sulfide) groups is 2. The van der Waals surface area contributed by atoms with Gasteiger partial charge in [0.05, 0.1) is 19.4 Å². The average molecular weight is 445 g/mol. The number of nitrogens with one attached hydrogen (secondary N) is 1. The van der Waals surface area contributed by atoms with E-state index in [-0.39, 0.29) is 25.8 Å². The quantitative estimate of drug-likeness (QED) is 0.501. The van der Waals surface area contributed by atoms with E-state index in [0.29, 0.717) is 5.69 Å². The molecule has 0 saturated carbocycles. The smallest absolute Gasteiger partial charge is 0.275 e. The summed E-state index contributed by atoms with van der Waals surface area (Å²) in [4.78, 5) is 10.3. The molecule has 0 spiro atoms. The lowest BCUT2D eigenvalue weighted by Gasteiger charge is -2.21. The van der Waals surface area contributed by atoms with E-state index in [1.807, 2.05) is 29.6 Å². The van der Waals surface area contributed by atoms with Crippen molar-refractivity contribution in [2.45, 2.75) is 22.8 Å². The number of hydrogen-bond donors (Lipinski definition) is 1. The van der Waals surface area contributed by atoms with Gasteiger partial charge in [0, 0.05) is 17.3 Å². The van der Waals surface area contributed by atoms with Crippen molar-refractivity contribution in [1.29, 1.82) is 0 Å². The molecule has 144 valence electrons. The molecule has 1 saturated heterocycles. The molecule has 0 aromatic heterocycles. The Balaban J connectivity index is 1.90. The summed E-state index contributed by atoms with van der Waals surface area (Å²) in [6.07, 6.45) is 1.17. The molecular weight excluding hydrogens is 428 g/mol. The summed E-state index contributed by atoms with van der Waals surface area (Å²) in [6, 6.07) is 9.49. The number of sulfonamides is 1. The van der Waals surface area contributed by atoms with E-state index in [0.717, 1.165) is 23.1 Å². The van der Waals surface area contributed by atoms with Crippen LogP contribution in [0.2, 0.25) is 5.02 Å². The summed E-state index contributed by atoms with van der Waals surface area (Å²) in [5.74, 6) is 2.16. The Bertz CT molecular complexity index is 976. The molecule has 10 heteroatoms. The Morgan fingerprint density at radius 3 is 2.59 bits per heavy atom. The van der Waals surface area contributed by atoms with Crippen LogP contribution in [0.1, 0.15) is 22.1 Å². The highest BCUT2D eigenvalue weighted by Gasteiger charge is 2.23. The van der Waals surface area contributed by atoms with Crippen LogP contribution in [0.4, 0.5) is 11.4 Å². The van der Waals surface area contributed by atoms with Crippen LogP contribution in [0.25, 0.3) is 0 Å². The molecule has 27 heavy (non-hydrogen) atoms. The molecular formula is C17H17ClN2O4S3. The predicted molar refractivity (Wildman–Crippen MR) is 112 cm³/mol. The molecule has 2 aromatic carbocycles. The number of halogens is 1. The van der Waals surface area contributed by atoms with Gasteiger partial charge >= 0.3 is 0 Å². The summed E-state index contributed by atoms with van der Waals surface area (Å²) >= 11 is 9.68. The lowest BCUT2D eigenvalue weighted by atomic mass is 10.2. The predicted octanol–water partition coefficient (Wildman–Crippen LogP) is 5.23. The number of hydrogen-bond acceptors (Lipinski definition) is 6. The van der Waals surface area contributed by atoms with E-state index in [1.165, 1.54) is 19.4 Å². The minimum atomic E-state index is -4.01. The number of nitrogens with zero attached hydrogens (tertiary/aromatic N) is 1. The van der Waals surface area contributed by atoms with Gasteiger partial charge in [0.25, 0.3) is 15.7 Å². The van der Waals surface area contributed by atoms with Crippen LogP contribution in [0.5, 0.6) is 0 Å². The minimum Gasteiger partial charge on any atom is -0.280 e. The van der Waals surface area contributed by atoms with Crippen LogP contribution < -0.4 is 4.72 Å². The number of nitro benzene ring substituents is 1. The van der Waals surface area contributed by atoms with E-state index in [9.17, 15) is 18.5 Å². The first-order valence-electron chi connectivity index (χ1n) is 8.08. The lowest BCUT2D eigenvalue weighted by Crippen LogP contribution is -2.14. The second-order valence-corrected chi connectivity index (χ2v) is 10.8. The molecule has 3 rings (SSSR count). The Hall–Kier alpha value is -1.42. The highest BCUT2D eigenvalue weighted by molar-refractivity contribution is 8.16. The SMILES string of the molecule is Cc1c(Cl)cc(S(=O)(=O)Nc2cccc(C3SCCCS3)c2)cc1[N+](=O)[O-]. The fourth-order valence-electron chi connectivity index (χ4n) is 2.63. The zero-order chi connectivity index (χ0) is 19.6. The zero-order valence-corrected chi connectivity index (χ0v) is 17.6. The van der Waals surface area contributed by atoms with Crippen LogP contribution in [0.3, 0.4) is 0 Å². The van der Waals surface area contributed by atoms with E-state index in [2.05, 4.69) is 4.72 Å². The molecule has 0 atom stereocenters. The minimum absolute atomic E-state index is 0.0355. The Labute approximate surface area is 171 Å². The second kappa shape index (κ2) is 8.30. The molecule has 1 aliphatic heterocycles. The van der Waals surface area contributed by atoms with E-state index in [4.69, 9.17) is 11.6 Å². The number of rotatable bonds is 5. The third kappa shape index (κ3) is 4.71. The van der Waals surface area contributed by atoms with Crippen LogP contribution >= 0.6 is 35.1 Å². The highest BCUT2D eigenvalue weighted by Crippen LogP contribution is 2.44. The molecule has 1 heterocycles. The average Bonchev–Trinajstić information content (AvgIpc) is 2.64. The molecule has 0 amide bonds. The third-order valence-electron chi connectivity index (χ3n) is 4.04. The second-order valence-electron chi connectivity index (χ2n) is 5.96. The Morgan fingerprint density at radius 1 is 1.22 bits per heavy atom. The summed E-state index contributed by atoms with van der Waals surface area (Å²) < 4.78 is 28.2. The zero-order valence-electron chi connectivity index (χ0n) is 14.3. The molecule has 2 aromatic rings. The molecule has 0 aliphatic carbocycles. The topological polar surface area (TPSA) is 89.3 Å². The standard InChI is InChI=1S/C17H17ClN2O4S3/c1-11-15(18)9-14(10-16(11)20(21)22)27(23,24)19-13-5-2-4-12(8-13)17-25-6-3-7-26-17/h2,4-5,8-10,17,19H,3,6-7H2,1H3. The summed E-state index contributed by atoms with van der Waals surface area (Å²) in [5, 5.41) is 11.2. The van der Waals surface area contributed by atoms with Crippen LogP contribution in [-0.4, -0.2) is 24.8 Å². The van der Waals surface area contributed by atoms with Crippen molar-refractivity contribution in [2.24, 2.45) is 0 Å². The first kappa shape index (κ1) is 20.3. The lowest BCUT2D eigenvalue weighted by molar-refractivity contribution is -0.385. The van der Waals surface area contributed by atoms with E-state index in [1.54, 1.807) is 18.2 Å². The fourth-order valence-corrected chi connectivity index (χ4v) is 6.88. The van der Waals surface area contributed by atoms with Gasteiger partial charge in [-0.3, -0.25) is 14.8 Å². The van der Waals surface area contributed by atoms with Gasteiger partial charge in [-0.15, -0.1) is 23.5 Å². The molecule has 0 bridgehead atoms. The number of nitro groups is 1. The van der Waals surface area contributed by atoms with Crippen molar-refractivity contribution in [3.05, 3.63) is 62.7 Å². The molecule has 0 radical (unpaired) electrons. The van der Waals surface area contributed by atoms with Crippen molar-refractivity contribution in [3.63, 3.8) is 0 Å². The first-order valence-corrected chi connectivity index (χ1v) is 12.0. The maximum absolute atomic E-state index is 12.7. The third-order valence-corrected chi connectivity index (χ3v) is 8.80. The van der Waals surface area contributed by atoms with Gasteiger partial charge in [-0.2, -0.15) is 0 Å². The Kier molecular flexibility index (Phi) is 6.25. The monoisotopic (exact) mass is 444 g/mol. The largest absolute Gasteiger partial charge is 0.280 e. The van der Waals surface area contributed by atoms with Crippen LogP contribution in [0.15, 0.2) is 41.3 Å². The van der Waals surface area contributed by atoms with Crippen molar-refractivity contribution >= 4 is 56.5 Å². The molecule has 1 fully saturated rings. The maximum Gasteiger partial charge on any atom is 0.275 e. The molecule has 1 aliphatic rings. The summed E-state index contributed by atoms with van der Waals surface area (Å²) in [5.41, 5.74) is 1.36. The summed E-state index contributed by atoms with van der Waals surface area (Å²) in [7, 11) is -4.01.